The minimum atomic E-state index is -0.781. The van der Waals surface area contributed by atoms with Crippen molar-refractivity contribution in [2.24, 2.45) is 11.8 Å². The molecule has 0 radical (unpaired) electrons. The van der Waals surface area contributed by atoms with Gasteiger partial charge in [-0.15, -0.1) is 0 Å². The van der Waals surface area contributed by atoms with Crippen molar-refractivity contribution in [3.8, 4) is 0 Å². The number of carbonyl (C=O) groups excluding carboxylic acids is 3. The van der Waals surface area contributed by atoms with Gasteiger partial charge in [0.15, 0.2) is 0 Å². The Hall–Kier alpha value is -3.91. The number of hydrogen-bond acceptors (Lipinski definition) is 4. The number of benzene rings is 2. The number of amides is 3. The first-order chi connectivity index (χ1) is 16.9. The Morgan fingerprint density at radius 3 is 2.77 bits per heavy atom. The van der Waals surface area contributed by atoms with Crippen LogP contribution in [0, 0.1) is 11.8 Å². The number of aromatic amines is 1. The molecule has 0 saturated carbocycles. The number of nitrogens with zero attached hydrogens (tertiary/aromatic N) is 1. The number of H-pyrrole nitrogens is 1. The summed E-state index contributed by atoms with van der Waals surface area (Å²) in [5.74, 6) is -1.53. The zero-order valence-electron chi connectivity index (χ0n) is 19.3. The van der Waals surface area contributed by atoms with Crippen LogP contribution in [0.5, 0.6) is 0 Å². The van der Waals surface area contributed by atoms with Gasteiger partial charge in [-0.2, -0.15) is 0 Å². The quantitative estimate of drug-likeness (QED) is 0.482. The van der Waals surface area contributed by atoms with Gasteiger partial charge in [0.1, 0.15) is 5.60 Å². The zero-order valence-corrected chi connectivity index (χ0v) is 19.3. The van der Waals surface area contributed by atoms with Crippen LogP contribution >= 0.6 is 0 Å². The van der Waals surface area contributed by atoms with Gasteiger partial charge in [0.2, 0.25) is 17.7 Å². The van der Waals surface area contributed by atoms with E-state index in [0.29, 0.717) is 30.9 Å². The number of anilines is 2. The molecule has 8 heteroatoms. The number of hydrogen-bond donors (Lipinski definition) is 3. The topological polar surface area (TPSA) is 104 Å². The molecule has 2 aromatic carbocycles. The molecular formula is C27H26N4O4. The second-order valence-electron chi connectivity index (χ2n) is 9.45. The Balaban J connectivity index is 1.16. The van der Waals surface area contributed by atoms with Gasteiger partial charge in [0.05, 0.1) is 24.5 Å². The SMILES string of the molecule is CC(=O)Nc1ccc(N2C[C@]34C=C[C@H](O3)[C@H](C(=O)NCCc3c[nH]c5ccccc35)[C@H]4C2=O)cc1. The molecule has 0 unspecified atom stereocenters. The maximum Gasteiger partial charge on any atom is 0.234 e. The van der Waals surface area contributed by atoms with Crippen LogP contribution < -0.4 is 15.5 Å². The largest absolute Gasteiger partial charge is 0.361 e. The first-order valence-corrected chi connectivity index (χ1v) is 11.8. The first kappa shape index (κ1) is 21.6. The normalized spacial score (nSPS) is 26.4. The van der Waals surface area contributed by atoms with Crippen LogP contribution in [0.4, 0.5) is 11.4 Å². The molecule has 0 aliphatic carbocycles. The van der Waals surface area contributed by atoms with Crippen molar-refractivity contribution in [2.75, 3.05) is 23.3 Å². The van der Waals surface area contributed by atoms with Crippen molar-refractivity contribution < 1.29 is 19.1 Å². The van der Waals surface area contributed by atoms with Crippen LogP contribution in [0.1, 0.15) is 12.5 Å². The summed E-state index contributed by atoms with van der Waals surface area (Å²) in [5, 5.41) is 6.92. The molecular weight excluding hydrogens is 444 g/mol. The van der Waals surface area contributed by atoms with Crippen LogP contribution in [-0.2, 0) is 25.5 Å². The summed E-state index contributed by atoms with van der Waals surface area (Å²) in [6.45, 7) is 2.29. The summed E-state index contributed by atoms with van der Waals surface area (Å²) < 4.78 is 6.23. The summed E-state index contributed by atoms with van der Waals surface area (Å²) >= 11 is 0. The lowest BCUT2D eigenvalue weighted by molar-refractivity contribution is -0.131. The van der Waals surface area contributed by atoms with Crippen molar-refractivity contribution in [2.45, 2.75) is 25.0 Å². The zero-order chi connectivity index (χ0) is 24.2. The molecule has 2 saturated heterocycles. The molecule has 8 nitrogen and oxygen atoms in total. The molecule has 6 rings (SSSR count). The summed E-state index contributed by atoms with van der Waals surface area (Å²) in [7, 11) is 0. The Morgan fingerprint density at radius 2 is 1.97 bits per heavy atom. The lowest BCUT2D eigenvalue weighted by Gasteiger charge is -2.23. The third kappa shape index (κ3) is 3.52. The van der Waals surface area contributed by atoms with Crippen LogP contribution in [-0.4, -0.2) is 47.5 Å². The Morgan fingerprint density at radius 1 is 1.17 bits per heavy atom. The monoisotopic (exact) mass is 470 g/mol. The highest BCUT2D eigenvalue weighted by molar-refractivity contribution is 6.03. The molecule has 2 fully saturated rings. The highest BCUT2D eigenvalue weighted by Crippen LogP contribution is 2.52. The van der Waals surface area contributed by atoms with Crippen molar-refractivity contribution in [1.29, 1.82) is 0 Å². The van der Waals surface area contributed by atoms with E-state index in [1.165, 1.54) is 6.92 Å². The number of aromatic nitrogens is 1. The molecule has 178 valence electrons. The fraction of sp³-hybridized carbons (Fsp3) is 0.296. The van der Waals surface area contributed by atoms with Crippen LogP contribution in [0.3, 0.4) is 0 Å². The second-order valence-corrected chi connectivity index (χ2v) is 9.45. The number of nitrogens with one attached hydrogen (secondary N) is 3. The molecule has 4 atom stereocenters. The molecule has 3 N–H and O–H groups in total. The van der Waals surface area contributed by atoms with Crippen molar-refractivity contribution in [1.82, 2.24) is 10.3 Å². The number of para-hydroxylation sites is 1. The average molecular weight is 471 g/mol. The van der Waals surface area contributed by atoms with Gasteiger partial charge in [-0.1, -0.05) is 30.4 Å². The van der Waals surface area contributed by atoms with Crippen molar-refractivity contribution in [3.63, 3.8) is 0 Å². The van der Waals surface area contributed by atoms with Gasteiger partial charge in [0, 0.05) is 41.9 Å². The second kappa shape index (κ2) is 8.09. The smallest absolute Gasteiger partial charge is 0.234 e. The van der Waals surface area contributed by atoms with E-state index in [1.54, 1.807) is 29.2 Å². The Bertz CT molecular complexity index is 1360. The van der Waals surface area contributed by atoms with Gasteiger partial charge >= 0.3 is 0 Å². The minimum absolute atomic E-state index is 0.110. The predicted octanol–water partition coefficient (Wildman–Crippen LogP) is 2.77. The van der Waals surface area contributed by atoms with Crippen molar-refractivity contribution >= 4 is 40.0 Å². The molecule has 3 aliphatic rings. The number of ether oxygens (including phenoxy) is 1. The van der Waals surface area contributed by atoms with Gasteiger partial charge < -0.3 is 25.3 Å². The number of carbonyl (C=O) groups is 3. The third-order valence-corrected chi connectivity index (χ3v) is 7.27. The van der Waals surface area contributed by atoms with E-state index >= 15 is 0 Å². The lowest BCUT2D eigenvalue weighted by atomic mass is 9.77. The van der Waals surface area contributed by atoms with E-state index in [1.807, 2.05) is 36.5 Å². The number of rotatable bonds is 6. The van der Waals surface area contributed by atoms with Gasteiger partial charge in [-0.3, -0.25) is 14.4 Å². The Labute approximate surface area is 202 Å². The van der Waals surface area contributed by atoms with E-state index in [4.69, 9.17) is 4.74 Å². The first-order valence-electron chi connectivity index (χ1n) is 11.8. The lowest BCUT2D eigenvalue weighted by Crippen LogP contribution is -2.44. The van der Waals surface area contributed by atoms with E-state index in [-0.39, 0.29) is 23.8 Å². The summed E-state index contributed by atoms with van der Waals surface area (Å²) in [6, 6.07) is 15.2. The summed E-state index contributed by atoms with van der Waals surface area (Å²) in [4.78, 5) is 43.0. The molecule has 3 aliphatic heterocycles. The highest BCUT2D eigenvalue weighted by Gasteiger charge is 2.67. The standard InChI is InChI=1S/C27H26N4O4/c1-16(32)30-18-6-8-19(9-7-18)31-15-27-12-10-22(35-27)23(24(27)26(31)34)25(33)28-13-11-17-14-29-21-5-3-2-4-20(17)21/h2-10,12,14,22-24,29H,11,13,15H2,1H3,(H,28,33)(H,30,32)/t22-,23-,24-,27-/m0/s1. The third-order valence-electron chi connectivity index (χ3n) is 7.27. The maximum absolute atomic E-state index is 13.5. The minimum Gasteiger partial charge on any atom is -0.361 e. The van der Waals surface area contributed by atoms with Gasteiger partial charge in [0.25, 0.3) is 0 Å². The summed E-state index contributed by atoms with van der Waals surface area (Å²) in [6.07, 6.45) is 6.14. The van der Waals surface area contributed by atoms with E-state index in [2.05, 4.69) is 21.7 Å². The van der Waals surface area contributed by atoms with E-state index in [9.17, 15) is 14.4 Å². The number of fused-ring (bicyclic) bond motifs is 2. The summed E-state index contributed by atoms with van der Waals surface area (Å²) in [5.41, 5.74) is 2.82. The highest BCUT2D eigenvalue weighted by atomic mass is 16.5. The van der Waals surface area contributed by atoms with Crippen molar-refractivity contribution in [3.05, 3.63) is 72.4 Å². The molecule has 1 aromatic heterocycles. The van der Waals surface area contributed by atoms with Gasteiger partial charge in [-0.05, 0) is 42.3 Å². The van der Waals surface area contributed by atoms with Crippen LogP contribution in [0.15, 0.2) is 66.9 Å². The van der Waals surface area contributed by atoms with Crippen LogP contribution in [0.25, 0.3) is 10.9 Å². The maximum atomic E-state index is 13.5. The van der Waals surface area contributed by atoms with Crippen LogP contribution in [0.2, 0.25) is 0 Å². The Kier molecular flexibility index (Phi) is 5.00. The van der Waals surface area contributed by atoms with Gasteiger partial charge in [-0.25, -0.2) is 0 Å². The molecule has 1 spiro atoms. The molecule has 4 heterocycles. The molecule has 35 heavy (non-hydrogen) atoms. The molecule has 3 amide bonds. The van der Waals surface area contributed by atoms with E-state index in [0.717, 1.165) is 16.5 Å². The predicted molar refractivity (Wildman–Crippen MR) is 132 cm³/mol. The average Bonchev–Trinajstić information content (AvgIpc) is 3.59. The fourth-order valence-electron chi connectivity index (χ4n) is 5.72. The fourth-order valence-corrected chi connectivity index (χ4v) is 5.72. The van der Waals surface area contributed by atoms with E-state index < -0.39 is 17.4 Å². The molecule has 3 aromatic rings. The molecule has 2 bridgehead atoms.